The van der Waals surface area contributed by atoms with Crippen molar-refractivity contribution < 1.29 is 33.5 Å². The number of carbonyl (C=O) groups excluding carboxylic acids is 6. The van der Waals surface area contributed by atoms with Gasteiger partial charge in [0.25, 0.3) is 23.6 Å². The van der Waals surface area contributed by atoms with Crippen LogP contribution in [0.1, 0.15) is 63.7 Å². The van der Waals surface area contributed by atoms with Crippen LogP contribution in [0, 0.1) is 6.92 Å². The van der Waals surface area contributed by atoms with Gasteiger partial charge in [0.1, 0.15) is 11.4 Å². The Kier molecular flexibility index (Phi) is 10.8. The third-order valence-corrected chi connectivity index (χ3v) is 13.2. The number of unbranched alkanes of at least 4 members (excludes halogenated alkanes) is 2. The number of hydrogen-bond donors (Lipinski definition) is 3. The van der Waals surface area contributed by atoms with Crippen LogP contribution in [0.3, 0.4) is 0 Å². The minimum atomic E-state index is -0.535. The zero-order valence-electron chi connectivity index (χ0n) is 33.3. The molecule has 0 spiro atoms. The number of hydrogen-bond acceptors (Lipinski definition) is 8. The van der Waals surface area contributed by atoms with E-state index in [1.54, 1.807) is 39.0 Å². The van der Waals surface area contributed by atoms with E-state index in [1.165, 1.54) is 28.4 Å². The van der Waals surface area contributed by atoms with Crippen molar-refractivity contribution in [3.63, 3.8) is 0 Å². The number of fused-ring (bicyclic) bond motifs is 5. The first kappa shape index (κ1) is 40.0. The van der Waals surface area contributed by atoms with Crippen molar-refractivity contribution in [2.75, 3.05) is 55.4 Å². The van der Waals surface area contributed by atoms with Gasteiger partial charge in [-0.1, -0.05) is 24.6 Å². The molecule has 14 nitrogen and oxygen atoms in total. The van der Waals surface area contributed by atoms with Crippen molar-refractivity contribution >= 4 is 102 Å². The summed E-state index contributed by atoms with van der Waals surface area (Å²) in [5.74, 6) is -0.670. The van der Waals surface area contributed by atoms with Crippen LogP contribution in [-0.2, 0) is 14.4 Å². The summed E-state index contributed by atoms with van der Waals surface area (Å²) in [6.45, 7) is 4.03. The molecule has 6 aromatic rings. The normalized spacial score (nSPS) is 16.4. The Morgan fingerprint density at radius 3 is 2.34 bits per heavy atom. The van der Waals surface area contributed by atoms with Gasteiger partial charge in [-0.15, -0.1) is 22.9 Å². The average Bonchev–Trinajstić information content (AvgIpc) is 4.11. The van der Waals surface area contributed by atoms with Gasteiger partial charge in [-0.05, 0) is 72.7 Å². The number of amides is 6. The fraction of sp³-hybridized carbons (Fsp3) is 0.289. The highest BCUT2D eigenvalue weighted by Gasteiger charge is 2.37. The molecule has 1 saturated heterocycles. The number of ether oxygens (including phenoxy) is 1. The van der Waals surface area contributed by atoms with E-state index in [1.807, 2.05) is 48.7 Å². The van der Waals surface area contributed by atoms with Crippen LogP contribution in [0.5, 0.6) is 5.75 Å². The van der Waals surface area contributed by atoms with Crippen LogP contribution in [0.25, 0.3) is 31.9 Å². The quantitative estimate of drug-likeness (QED) is 0.0688. The molecule has 0 bridgehead atoms. The molecule has 1 fully saturated rings. The number of aryl methyl sites for hydroxylation is 1. The molecule has 16 heteroatoms. The number of nitrogens with one attached hydrogen (secondary N) is 3. The average molecular weight is 860 g/mol. The maximum atomic E-state index is 14.4. The molecule has 1 unspecified atom stereocenters. The number of rotatable bonds is 11. The van der Waals surface area contributed by atoms with E-state index in [9.17, 15) is 28.8 Å². The van der Waals surface area contributed by atoms with E-state index in [0.717, 1.165) is 43.0 Å². The Bertz CT molecular complexity index is 2750. The first-order valence-corrected chi connectivity index (χ1v) is 21.7. The molecule has 6 amide bonds. The maximum Gasteiger partial charge on any atom is 0.415 e. The number of aromatic amines is 2. The van der Waals surface area contributed by atoms with Crippen LogP contribution >= 0.6 is 22.9 Å². The molecule has 6 heterocycles. The van der Waals surface area contributed by atoms with Crippen molar-refractivity contribution in [2.24, 2.45) is 0 Å². The zero-order valence-corrected chi connectivity index (χ0v) is 34.9. The summed E-state index contributed by atoms with van der Waals surface area (Å²) in [5.41, 5.74) is 5.54. The molecular formula is C45H42ClN7O7S. The third-order valence-electron chi connectivity index (χ3n) is 11.7. The highest BCUT2D eigenvalue weighted by atomic mass is 35.5. The topological polar surface area (TPSA) is 168 Å². The zero-order chi connectivity index (χ0) is 42.4. The van der Waals surface area contributed by atoms with Crippen molar-refractivity contribution in [3.8, 4) is 5.75 Å². The first-order valence-electron chi connectivity index (χ1n) is 20.3. The van der Waals surface area contributed by atoms with Gasteiger partial charge in [0.2, 0.25) is 5.91 Å². The number of halogens is 1. The molecule has 3 aromatic carbocycles. The summed E-state index contributed by atoms with van der Waals surface area (Å²) in [7, 11) is 0. The summed E-state index contributed by atoms with van der Waals surface area (Å²) >= 11 is 8.04. The molecule has 312 valence electrons. The highest BCUT2D eigenvalue weighted by Crippen LogP contribution is 2.49. The number of aromatic nitrogens is 2. The number of alkyl halides is 1. The Balaban J connectivity index is 0.862. The van der Waals surface area contributed by atoms with Gasteiger partial charge in [-0.25, -0.2) is 4.79 Å². The molecule has 9 rings (SSSR count). The third kappa shape index (κ3) is 7.74. The number of para-hydroxylation sites is 1. The van der Waals surface area contributed by atoms with Crippen molar-refractivity contribution in [1.29, 1.82) is 0 Å². The lowest BCUT2D eigenvalue weighted by Gasteiger charge is -2.34. The molecule has 3 aliphatic heterocycles. The van der Waals surface area contributed by atoms with E-state index >= 15 is 0 Å². The SMILES string of the molecule is Cc1csc2c(OC(=O)N3CCN(C(=O)CCCCCN4C(=O)C=CC4=O)CC3)cc3c(c12)C(CCl)CN3C(=O)c1cc2cc(NC(=O)c3cc4ccccc4[nH]3)ccc2[nH]1. The number of imide groups is 1. The lowest BCUT2D eigenvalue weighted by atomic mass is 9.97. The highest BCUT2D eigenvalue weighted by molar-refractivity contribution is 7.17. The summed E-state index contributed by atoms with van der Waals surface area (Å²) in [5, 5.41) is 7.57. The Hall–Kier alpha value is -6.45. The summed E-state index contributed by atoms with van der Waals surface area (Å²) in [4.78, 5) is 90.3. The smallest absolute Gasteiger partial charge is 0.409 e. The fourth-order valence-corrected chi connectivity index (χ4v) is 9.76. The molecule has 0 radical (unpaired) electrons. The predicted octanol–water partition coefficient (Wildman–Crippen LogP) is 7.54. The molecule has 61 heavy (non-hydrogen) atoms. The van der Waals surface area contributed by atoms with Crippen molar-refractivity contribution in [1.82, 2.24) is 24.7 Å². The Labute approximate surface area is 359 Å². The molecule has 3 N–H and O–H groups in total. The van der Waals surface area contributed by atoms with Crippen LogP contribution in [0.2, 0.25) is 0 Å². The largest absolute Gasteiger partial charge is 0.415 e. The number of anilines is 2. The van der Waals surface area contributed by atoms with E-state index in [0.29, 0.717) is 93.5 Å². The van der Waals surface area contributed by atoms with Crippen molar-refractivity contribution in [2.45, 2.75) is 38.5 Å². The Morgan fingerprint density at radius 1 is 0.852 bits per heavy atom. The van der Waals surface area contributed by atoms with Gasteiger partial charge in [0, 0.05) is 109 Å². The molecule has 0 aliphatic carbocycles. The van der Waals surface area contributed by atoms with Crippen LogP contribution in [0.15, 0.2) is 78.2 Å². The second-order valence-electron chi connectivity index (χ2n) is 15.6. The summed E-state index contributed by atoms with van der Waals surface area (Å²) in [6.07, 6.45) is 4.32. The Morgan fingerprint density at radius 2 is 1.57 bits per heavy atom. The molecule has 3 aromatic heterocycles. The number of H-pyrrole nitrogens is 2. The second kappa shape index (κ2) is 16.5. The van der Waals surface area contributed by atoms with Gasteiger partial charge in [0.15, 0.2) is 5.75 Å². The van der Waals surface area contributed by atoms with Gasteiger partial charge in [-0.2, -0.15) is 0 Å². The van der Waals surface area contributed by atoms with Crippen LogP contribution in [-0.4, -0.2) is 105 Å². The first-order chi connectivity index (χ1) is 29.6. The van der Waals surface area contributed by atoms with Crippen molar-refractivity contribution in [3.05, 3.63) is 101 Å². The standard InChI is InChI=1S/C45H42ClN7O7S/c1-26-25-61-42-36(60-45(59)51-17-15-50(16-18-51)37(54)9-3-2-6-14-52-38(55)12-13-39(52)56)22-35-41(40(26)42)29(23-46)24-53(35)44(58)34-21-28-19-30(10-11-32(28)49-34)47-43(57)33-20-27-7-4-5-8-31(27)48-33/h4-5,7-8,10-13,19-22,25,29,48-49H,2-3,6,9,14-18,23-24H2,1H3,(H,47,57). The van der Waals surface area contributed by atoms with Gasteiger partial charge in [0.05, 0.1) is 10.4 Å². The predicted molar refractivity (Wildman–Crippen MR) is 235 cm³/mol. The lowest BCUT2D eigenvalue weighted by molar-refractivity contribution is -0.137. The molecule has 1 atom stereocenters. The number of benzene rings is 3. The number of carbonyl (C=O) groups is 6. The van der Waals surface area contributed by atoms with E-state index in [4.69, 9.17) is 16.3 Å². The van der Waals surface area contributed by atoms with Gasteiger partial charge < -0.3 is 34.7 Å². The summed E-state index contributed by atoms with van der Waals surface area (Å²) < 4.78 is 6.91. The monoisotopic (exact) mass is 859 g/mol. The van der Waals surface area contributed by atoms with Gasteiger partial charge in [-0.3, -0.25) is 28.9 Å². The molecular weight excluding hydrogens is 818 g/mol. The number of nitrogens with zero attached hydrogens (tertiary/aromatic N) is 4. The summed E-state index contributed by atoms with van der Waals surface area (Å²) in [6, 6.07) is 18.4. The molecule has 3 aliphatic rings. The number of piperazine rings is 1. The van der Waals surface area contributed by atoms with E-state index in [-0.39, 0.29) is 41.3 Å². The van der Waals surface area contributed by atoms with E-state index in [2.05, 4.69) is 15.3 Å². The van der Waals surface area contributed by atoms with Gasteiger partial charge >= 0.3 is 6.09 Å². The van der Waals surface area contributed by atoms with Crippen LogP contribution in [0.4, 0.5) is 16.2 Å². The maximum absolute atomic E-state index is 14.4. The van der Waals surface area contributed by atoms with E-state index < -0.39 is 6.09 Å². The number of thiophene rings is 1. The van der Waals surface area contributed by atoms with Crippen LogP contribution < -0.4 is 15.0 Å². The minimum Gasteiger partial charge on any atom is -0.409 e. The lowest BCUT2D eigenvalue weighted by Crippen LogP contribution is -2.51. The molecule has 0 saturated carbocycles. The minimum absolute atomic E-state index is 0.000400. The second-order valence-corrected chi connectivity index (χ2v) is 16.8. The fourth-order valence-electron chi connectivity index (χ4n) is 8.49.